The van der Waals surface area contributed by atoms with E-state index in [4.69, 9.17) is 21.9 Å². The van der Waals surface area contributed by atoms with Gasteiger partial charge in [0.2, 0.25) is 0 Å². The Morgan fingerprint density at radius 1 is 0.927 bits per heavy atom. The van der Waals surface area contributed by atoms with Crippen molar-refractivity contribution in [3.8, 4) is 22.4 Å². The van der Waals surface area contributed by atoms with E-state index in [1.54, 1.807) is 0 Å². The molecule has 0 unspecified atom stereocenters. The van der Waals surface area contributed by atoms with Gasteiger partial charge in [-0.15, -0.1) is 0 Å². The van der Waals surface area contributed by atoms with Crippen LogP contribution in [0.3, 0.4) is 0 Å². The van der Waals surface area contributed by atoms with Gasteiger partial charge in [-0.3, -0.25) is 9.59 Å². The number of halogens is 1. The van der Waals surface area contributed by atoms with E-state index in [1.165, 1.54) is 13.8 Å². The quantitative estimate of drug-likeness (QED) is 0.158. The van der Waals surface area contributed by atoms with Crippen LogP contribution in [0.2, 0.25) is 0 Å². The van der Waals surface area contributed by atoms with Gasteiger partial charge in [0.15, 0.2) is 0 Å². The van der Waals surface area contributed by atoms with E-state index in [0.717, 1.165) is 4.57 Å². The first kappa shape index (κ1) is 15.1. The molecule has 1 amide bonds. The monoisotopic (exact) mass is 574 g/mol. The van der Waals surface area contributed by atoms with Crippen LogP contribution in [0.5, 0.6) is 0 Å². The lowest BCUT2D eigenvalue weighted by Crippen LogP contribution is -2.22. The number of para-hydroxylation sites is 1. The van der Waals surface area contributed by atoms with Crippen LogP contribution in [0, 0.1) is 5.82 Å². The number of aliphatic hydroxyl groups excluding tert-OH is 2. The Hall–Kier alpha value is -4.27. The molecule has 8 heteroatoms. The van der Waals surface area contributed by atoms with Crippen LogP contribution in [0.15, 0.2) is 84.6 Å². The summed E-state index contributed by atoms with van der Waals surface area (Å²) < 4.78 is 149. The summed E-state index contributed by atoms with van der Waals surface area (Å²) in [4.78, 5) is 26.1. The van der Waals surface area contributed by atoms with Crippen molar-refractivity contribution in [1.29, 1.82) is 0 Å². The van der Waals surface area contributed by atoms with Crippen molar-refractivity contribution in [2.45, 2.75) is 57.7 Å². The van der Waals surface area contributed by atoms with E-state index in [0.29, 0.717) is 0 Å². The molecule has 3 aromatic carbocycles. The van der Waals surface area contributed by atoms with Gasteiger partial charge >= 0.3 is 5.97 Å². The maximum absolute atomic E-state index is 15.0. The van der Waals surface area contributed by atoms with Crippen molar-refractivity contribution in [3.05, 3.63) is 102 Å². The van der Waals surface area contributed by atoms with Crippen molar-refractivity contribution in [1.82, 2.24) is 4.57 Å². The summed E-state index contributed by atoms with van der Waals surface area (Å²) in [5.41, 5.74) is -4.26. The molecule has 0 aliphatic carbocycles. The molecule has 214 valence electrons. The number of aromatic nitrogens is 1. The third-order valence-corrected chi connectivity index (χ3v) is 5.87. The highest BCUT2D eigenvalue weighted by molar-refractivity contribution is 6.12. The number of carbonyl (C=O) groups is 2. The summed E-state index contributed by atoms with van der Waals surface area (Å²) in [7, 11) is 0. The average Bonchev–Trinajstić information content (AvgIpc) is 3.48. The van der Waals surface area contributed by atoms with Crippen molar-refractivity contribution in [2.24, 2.45) is 0 Å². The third-order valence-electron chi connectivity index (χ3n) is 5.87. The van der Waals surface area contributed by atoms with E-state index in [9.17, 15) is 24.9 Å². The molecule has 4 N–H and O–H groups in total. The van der Waals surface area contributed by atoms with E-state index in [1.807, 2.05) is 0 Å². The average molecular weight is 575 g/mol. The molecule has 0 aliphatic heterocycles. The number of rotatable bonds is 12. The van der Waals surface area contributed by atoms with Crippen LogP contribution in [-0.4, -0.2) is 44.0 Å². The maximum atomic E-state index is 15.0. The molecule has 4 rings (SSSR count). The van der Waals surface area contributed by atoms with Crippen LogP contribution in [0.4, 0.5) is 10.1 Å². The summed E-state index contributed by atoms with van der Waals surface area (Å²) in [6.07, 6.45) is -8.61. The number of hydrogen-bond acceptors (Lipinski definition) is 4. The van der Waals surface area contributed by atoms with Gasteiger partial charge in [0.05, 0.1) is 49.0 Å². The SMILES string of the molecule is [2H]c1c([2H])c([2H])c(NC(=O)c2c(-c3c([2H])c([2H])c([2H])c([2H])c3[2H])c(-c3c([2H])c([2H])c(F)c([2H])c3[2H])n(CC[C@H](O)C[C@@H](O)C([2H])([2H])C(=O)O)c2C(C)C)c([2H])c1[2H]. The van der Waals surface area contributed by atoms with Gasteiger partial charge in [-0.05, 0) is 66.1 Å². The van der Waals surface area contributed by atoms with Gasteiger partial charge in [-0.2, -0.15) is 0 Å². The number of anilines is 1. The normalized spacial score (nSPS) is 18.6. The molecule has 0 bridgehead atoms. The molecule has 0 saturated heterocycles. The largest absolute Gasteiger partial charge is 0.481 e. The molecule has 0 spiro atoms. The minimum absolute atomic E-state index is 0.175. The third kappa shape index (κ3) is 7.28. The molecule has 7 nitrogen and oxygen atoms in total. The van der Waals surface area contributed by atoms with Crippen molar-refractivity contribution in [3.63, 3.8) is 0 Å². The number of nitrogens with one attached hydrogen (secondary N) is 1. The zero-order valence-electron chi connectivity index (χ0n) is 37.8. The number of aliphatic hydroxyl groups is 2. The summed E-state index contributed by atoms with van der Waals surface area (Å²) >= 11 is 0. The first-order valence-corrected chi connectivity index (χ1v) is 12.3. The number of nitrogens with zero attached hydrogens (tertiary/aromatic N) is 1. The zero-order valence-corrected chi connectivity index (χ0v) is 21.8. The molecular weight excluding hydrogens is 523 g/mol. The molecule has 0 aliphatic rings. The maximum Gasteiger partial charge on any atom is 0.305 e. The fraction of sp³-hybridized carbons (Fsp3) is 0.273. The highest BCUT2D eigenvalue weighted by atomic mass is 19.1. The number of amides is 1. The van der Waals surface area contributed by atoms with Crippen molar-refractivity contribution >= 4 is 17.6 Å². The number of carboxylic acid groups (broad SMARTS) is 1. The van der Waals surface area contributed by atoms with Crippen LogP contribution < -0.4 is 5.32 Å². The second kappa shape index (κ2) is 13.4. The van der Waals surface area contributed by atoms with Crippen LogP contribution in [0.25, 0.3) is 22.4 Å². The molecule has 41 heavy (non-hydrogen) atoms. The Balaban J connectivity index is 2.24. The van der Waals surface area contributed by atoms with Crippen LogP contribution >= 0.6 is 0 Å². The Morgan fingerprint density at radius 2 is 1.54 bits per heavy atom. The molecule has 0 fully saturated rings. The number of benzene rings is 3. The zero-order chi connectivity index (χ0) is 43.5. The Kier molecular flexibility index (Phi) is 4.93. The summed E-state index contributed by atoms with van der Waals surface area (Å²) in [6, 6.07) is -13.4. The summed E-state index contributed by atoms with van der Waals surface area (Å²) in [5, 5.41) is 32.8. The second-order valence-corrected chi connectivity index (χ2v) is 9.08. The van der Waals surface area contributed by atoms with Gasteiger partial charge < -0.3 is 25.2 Å². The first-order valence-electron chi connectivity index (χ1n) is 20.3. The highest BCUT2D eigenvalue weighted by Gasteiger charge is 2.31. The van der Waals surface area contributed by atoms with Crippen molar-refractivity contribution < 1.29 is 51.2 Å². The van der Waals surface area contributed by atoms with Gasteiger partial charge in [-0.25, -0.2) is 4.39 Å². The minimum Gasteiger partial charge on any atom is -0.481 e. The Morgan fingerprint density at radius 3 is 2.12 bits per heavy atom. The number of hydrogen-bond donors (Lipinski definition) is 4. The summed E-state index contributed by atoms with van der Waals surface area (Å²) in [6.45, 7) is 2.41. The number of carboxylic acids is 1. The van der Waals surface area contributed by atoms with Gasteiger partial charge in [0.25, 0.3) is 5.91 Å². The fourth-order valence-electron chi connectivity index (χ4n) is 4.34. The second-order valence-electron chi connectivity index (χ2n) is 9.08. The lowest BCUT2D eigenvalue weighted by molar-refractivity contribution is -0.139. The predicted molar refractivity (Wildman–Crippen MR) is 157 cm³/mol. The molecule has 4 aromatic rings. The molecule has 0 radical (unpaired) electrons. The van der Waals surface area contributed by atoms with Gasteiger partial charge in [0, 0.05) is 26.2 Å². The molecule has 1 aromatic heterocycles. The van der Waals surface area contributed by atoms with E-state index >= 15 is 4.39 Å². The molecule has 1 heterocycles. The standard InChI is InChI=1S/C33H35FN2O5/c1-21(2)31-30(33(41)35-25-11-7-4-8-12-25)29(22-9-5-3-6-10-22)32(23-13-15-24(34)16-14-23)36(31)18-17-26(37)19-27(38)20-28(39)40/h3-16,21,26-27,37-38H,17-20H2,1-2H3,(H,35,41)(H,39,40)/t26-,27+/m0/s1/i3D,4D,5D,6D,7D,8D,9D,10D,11D,12D,13D,14D,15D,16D,20D2. The lowest BCUT2D eigenvalue weighted by Gasteiger charge is -2.20. The molecular formula is C33H35FN2O5. The van der Waals surface area contributed by atoms with E-state index in [2.05, 4.69) is 5.32 Å². The molecule has 2 atom stereocenters. The number of carbonyl (C=O) groups excluding carboxylic acids is 1. The topological polar surface area (TPSA) is 112 Å². The van der Waals surface area contributed by atoms with Gasteiger partial charge in [-0.1, -0.05) is 62.2 Å². The van der Waals surface area contributed by atoms with Gasteiger partial charge in [0.1, 0.15) is 5.82 Å². The Labute approximate surface area is 261 Å². The number of aliphatic carboxylic acids is 1. The summed E-state index contributed by atoms with van der Waals surface area (Å²) in [5.74, 6) is -5.84. The van der Waals surface area contributed by atoms with Crippen molar-refractivity contribution in [2.75, 3.05) is 5.32 Å². The van der Waals surface area contributed by atoms with Crippen LogP contribution in [0.1, 0.15) is 77.0 Å². The fourth-order valence-corrected chi connectivity index (χ4v) is 4.34. The van der Waals surface area contributed by atoms with Crippen LogP contribution in [-0.2, 0) is 11.3 Å². The highest BCUT2D eigenvalue weighted by Crippen LogP contribution is 2.42. The first-order chi connectivity index (χ1) is 26.2. The predicted octanol–water partition coefficient (Wildman–Crippen LogP) is 6.31. The molecule has 0 saturated carbocycles. The smallest absolute Gasteiger partial charge is 0.305 e. The lowest BCUT2D eigenvalue weighted by atomic mass is 9.94. The van der Waals surface area contributed by atoms with E-state index in [-0.39, 0.29) is 5.69 Å². The Bertz CT molecular complexity index is 2250. The van der Waals surface area contributed by atoms with E-state index < -0.39 is 180 Å². The minimum atomic E-state index is -3.21.